The summed E-state index contributed by atoms with van der Waals surface area (Å²) in [7, 11) is 0. The Hall–Kier alpha value is -1.74. The third kappa shape index (κ3) is 3.30. The number of phenols is 2. The van der Waals surface area contributed by atoms with Gasteiger partial charge in [0.15, 0.2) is 0 Å². The van der Waals surface area contributed by atoms with E-state index in [-0.39, 0.29) is 23.3 Å². The largest absolute Gasteiger partial charge is 0.507 e. The summed E-state index contributed by atoms with van der Waals surface area (Å²) in [5.74, 6) is 1.33. The van der Waals surface area contributed by atoms with Crippen molar-refractivity contribution in [3.63, 3.8) is 0 Å². The highest BCUT2D eigenvalue weighted by Crippen LogP contribution is 2.46. The first kappa shape index (κ1) is 16.1. The molecule has 0 spiro atoms. The summed E-state index contributed by atoms with van der Waals surface area (Å²) in [5, 5.41) is 24.4. The summed E-state index contributed by atoms with van der Waals surface area (Å²) in [4.78, 5) is 0. The lowest BCUT2D eigenvalue weighted by Gasteiger charge is -2.32. The molecule has 0 radical (unpaired) electrons. The molecule has 3 heteroatoms. The molecule has 3 rings (SSSR count). The molecule has 0 bridgehead atoms. The van der Waals surface area contributed by atoms with Crippen LogP contribution in [0.3, 0.4) is 0 Å². The lowest BCUT2D eigenvalue weighted by molar-refractivity contribution is 0.344. The van der Waals surface area contributed by atoms with Crippen LogP contribution in [-0.2, 0) is 6.42 Å². The van der Waals surface area contributed by atoms with Gasteiger partial charge >= 0.3 is 0 Å². The second kappa shape index (κ2) is 6.40. The normalized spacial score (nSPS) is 24.9. The highest BCUT2D eigenvalue weighted by molar-refractivity contribution is 5.52. The van der Waals surface area contributed by atoms with Gasteiger partial charge in [0.1, 0.15) is 11.5 Å². The van der Waals surface area contributed by atoms with Gasteiger partial charge in [-0.2, -0.15) is 0 Å². The van der Waals surface area contributed by atoms with Gasteiger partial charge in [-0.3, -0.25) is 0 Å². The van der Waals surface area contributed by atoms with E-state index in [0.717, 1.165) is 43.5 Å². The fraction of sp³-hybridized carbons (Fsp3) is 0.500. The van der Waals surface area contributed by atoms with Crippen molar-refractivity contribution in [1.82, 2.24) is 5.32 Å². The zero-order valence-electron chi connectivity index (χ0n) is 14.1. The lowest BCUT2D eigenvalue weighted by Crippen LogP contribution is -2.43. The van der Waals surface area contributed by atoms with Crippen LogP contribution in [0.5, 0.6) is 11.5 Å². The molecule has 0 saturated carbocycles. The monoisotopic (exact) mass is 313 g/mol. The molecule has 23 heavy (non-hydrogen) atoms. The number of rotatable bonds is 4. The average molecular weight is 313 g/mol. The van der Waals surface area contributed by atoms with Crippen LogP contribution in [-0.4, -0.2) is 23.3 Å². The Morgan fingerprint density at radius 3 is 2.43 bits per heavy atom. The van der Waals surface area contributed by atoms with Crippen molar-refractivity contribution in [1.29, 1.82) is 0 Å². The quantitative estimate of drug-likeness (QED) is 0.740. The van der Waals surface area contributed by atoms with Crippen LogP contribution in [0, 0.1) is 11.8 Å². The third-order valence-corrected chi connectivity index (χ3v) is 5.30. The van der Waals surface area contributed by atoms with Gasteiger partial charge in [0.2, 0.25) is 0 Å². The van der Waals surface area contributed by atoms with Gasteiger partial charge in [0.05, 0.1) is 0 Å². The van der Waals surface area contributed by atoms with Crippen molar-refractivity contribution in [2.24, 2.45) is 11.8 Å². The number of benzene rings is 1. The molecule has 1 aliphatic heterocycles. The van der Waals surface area contributed by atoms with Crippen molar-refractivity contribution in [2.75, 3.05) is 13.1 Å². The molecule has 1 aromatic rings. The van der Waals surface area contributed by atoms with Gasteiger partial charge in [0, 0.05) is 11.5 Å². The molecule has 1 saturated heterocycles. The van der Waals surface area contributed by atoms with E-state index < -0.39 is 0 Å². The van der Waals surface area contributed by atoms with Crippen LogP contribution >= 0.6 is 0 Å². The molecule has 3 N–H and O–H groups in total. The minimum Gasteiger partial charge on any atom is -0.507 e. The molecule has 2 aliphatic rings. The fourth-order valence-corrected chi connectivity index (χ4v) is 3.87. The molecule has 0 unspecified atom stereocenters. The van der Waals surface area contributed by atoms with Gasteiger partial charge in [-0.1, -0.05) is 23.8 Å². The molecule has 0 aromatic heterocycles. The Bertz CT molecular complexity index is 620. The molecule has 1 heterocycles. The van der Waals surface area contributed by atoms with E-state index in [9.17, 15) is 10.2 Å². The maximum atomic E-state index is 10.6. The van der Waals surface area contributed by atoms with E-state index in [1.165, 1.54) is 5.57 Å². The van der Waals surface area contributed by atoms with Crippen molar-refractivity contribution < 1.29 is 10.2 Å². The van der Waals surface area contributed by atoms with E-state index in [2.05, 4.69) is 24.9 Å². The Kier molecular flexibility index (Phi) is 4.49. The van der Waals surface area contributed by atoms with E-state index in [1.807, 2.05) is 19.1 Å². The number of allylic oxidation sites excluding steroid dienone is 3. The Balaban J connectivity index is 1.94. The predicted octanol–water partition coefficient (Wildman–Crippen LogP) is 3.88. The van der Waals surface area contributed by atoms with Crippen LogP contribution in [0.2, 0.25) is 0 Å². The highest BCUT2D eigenvalue weighted by atomic mass is 16.3. The van der Waals surface area contributed by atoms with E-state index in [0.29, 0.717) is 11.5 Å². The van der Waals surface area contributed by atoms with Gasteiger partial charge in [-0.25, -0.2) is 0 Å². The minimum atomic E-state index is 0.0145. The minimum absolute atomic E-state index is 0.0145. The molecule has 0 amide bonds. The average Bonchev–Trinajstić information content (AvgIpc) is 2.42. The van der Waals surface area contributed by atoms with Crippen LogP contribution in [0.1, 0.15) is 43.7 Å². The SMILES string of the molecule is C=C(C)[C@@H]1CCC(C)=C[C@H]1c1c(O)cc(CC2CNC2)cc1O. The van der Waals surface area contributed by atoms with Crippen molar-refractivity contribution >= 4 is 0 Å². The fourth-order valence-electron chi connectivity index (χ4n) is 3.87. The number of nitrogens with one attached hydrogen (secondary N) is 1. The molecule has 1 aromatic carbocycles. The summed E-state index contributed by atoms with van der Waals surface area (Å²) in [5.41, 5.74) is 4.10. The maximum absolute atomic E-state index is 10.6. The third-order valence-electron chi connectivity index (χ3n) is 5.30. The molecule has 1 fully saturated rings. The van der Waals surface area contributed by atoms with Crippen LogP contribution in [0.25, 0.3) is 0 Å². The molecule has 3 nitrogen and oxygen atoms in total. The van der Waals surface area contributed by atoms with Gasteiger partial charge in [-0.05, 0) is 75.7 Å². The van der Waals surface area contributed by atoms with Gasteiger partial charge in [-0.15, -0.1) is 0 Å². The molecule has 2 atom stereocenters. The topological polar surface area (TPSA) is 52.5 Å². The first-order valence-electron chi connectivity index (χ1n) is 8.54. The maximum Gasteiger partial charge on any atom is 0.123 e. The predicted molar refractivity (Wildman–Crippen MR) is 93.9 cm³/mol. The Labute approximate surface area is 138 Å². The van der Waals surface area contributed by atoms with Crippen molar-refractivity contribution in [3.8, 4) is 11.5 Å². The van der Waals surface area contributed by atoms with Gasteiger partial charge < -0.3 is 15.5 Å². The van der Waals surface area contributed by atoms with Gasteiger partial charge in [0.25, 0.3) is 0 Å². The second-order valence-electron chi connectivity index (χ2n) is 7.31. The van der Waals surface area contributed by atoms with E-state index >= 15 is 0 Å². The Morgan fingerprint density at radius 1 is 1.26 bits per heavy atom. The molecular formula is C20H27NO2. The molecule has 1 aliphatic carbocycles. The molecule has 124 valence electrons. The zero-order chi connectivity index (χ0) is 16.6. The summed E-state index contributed by atoms with van der Waals surface area (Å²) in [6, 6.07) is 3.67. The smallest absolute Gasteiger partial charge is 0.123 e. The summed E-state index contributed by atoms with van der Waals surface area (Å²) < 4.78 is 0. The second-order valence-corrected chi connectivity index (χ2v) is 7.31. The molecular weight excluding hydrogens is 286 g/mol. The summed E-state index contributed by atoms with van der Waals surface area (Å²) >= 11 is 0. The zero-order valence-corrected chi connectivity index (χ0v) is 14.1. The van der Waals surface area contributed by atoms with E-state index in [4.69, 9.17) is 0 Å². The first-order chi connectivity index (χ1) is 11.0. The Morgan fingerprint density at radius 2 is 1.91 bits per heavy atom. The first-order valence-corrected chi connectivity index (χ1v) is 8.54. The number of aromatic hydroxyl groups is 2. The van der Waals surface area contributed by atoms with Crippen LogP contribution < -0.4 is 5.32 Å². The number of hydrogen-bond acceptors (Lipinski definition) is 3. The number of hydrogen-bond donors (Lipinski definition) is 3. The van der Waals surface area contributed by atoms with E-state index in [1.54, 1.807) is 0 Å². The number of phenolic OH excluding ortho intramolecular Hbond substituents is 2. The standard InChI is InChI=1S/C20H27NO2/c1-12(2)16-5-4-13(3)6-17(16)20-18(22)8-14(9-19(20)23)7-15-10-21-11-15/h6,8-9,15-17,21-23H,1,4-5,7,10-11H2,2-3H3/t16-,17+/m0/s1. The van der Waals surface area contributed by atoms with Crippen LogP contribution in [0.15, 0.2) is 35.9 Å². The van der Waals surface area contributed by atoms with Crippen LogP contribution in [0.4, 0.5) is 0 Å². The van der Waals surface area contributed by atoms with Crippen molar-refractivity contribution in [3.05, 3.63) is 47.1 Å². The lowest BCUT2D eigenvalue weighted by atomic mass is 9.73. The summed E-state index contributed by atoms with van der Waals surface area (Å²) in [6.07, 6.45) is 5.17. The van der Waals surface area contributed by atoms with Crippen molar-refractivity contribution in [2.45, 2.75) is 39.0 Å². The highest BCUT2D eigenvalue weighted by Gasteiger charge is 2.30. The summed E-state index contributed by atoms with van der Waals surface area (Å²) in [6.45, 7) is 10.3.